The summed E-state index contributed by atoms with van der Waals surface area (Å²) in [5, 5.41) is 9.82. The van der Waals surface area contributed by atoms with Crippen LogP contribution in [-0.4, -0.2) is 54.4 Å². The molecule has 1 aliphatic carbocycles. The van der Waals surface area contributed by atoms with E-state index in [1.807, 2.05) is 0 Å². The maximum absolute atomic E-state index is 13.5. The van der Waals surface area contributed by atoms with Crippen LogP contribution in [0.3, 0.4) is 0 Å². The zero-order valence-corrected chi connectivity index (χ0v) is 13.9. The van der Waals surface area contributed by atoms with Crippen LogP contribution in [0, 0.1) is 11.7 Å². The van der Waals surface area contributed by atoms with E-state index in [1.165, 1.54) is 6.07 Å². The van der Waals surface area contributed by atoms with Crippen LogP contribution in [0.2, 0.25) is 0 Å². The second-order valence-corrected chi connectivity index (χ2v) is 6.62. The minimum Gasteiger partial charge on any atom is -0.390 e. The van der Waals surface area contributed by atoms with Crippen molar-refractivity contribution in [2.24, 2.45) is 5.92 Å². The molecule has 3 atom stereocenters. The van der Waals surface area contributed by atoms with Gasteiger partial charge >= 0.3 is 0 Å². The fourth-order valence-electron chi connectivity index (χ4n) is 3.40. The van der Waals surface area contributed by atoms with Gasteiger partial charge in [0, 0.05) is 31.7 Å². The zero-order chi connectivity index (χ0) is 17.1. The number of hydrogen-bond donors (Lipinski definition) is 1. The van der Waals surface area contributed by atoms with Crippen molar-refractivity contribution >= 4 is 5.91 Å². The normalized spacial score (nSPS) is 27.8. The number of aliphatic hydroxyl groups is 1. The molecule has 6 heteroatoms. The summed E-state index contributed by atoms with van der Waals surface area (Å²) in [5.74, 6) is -0.253. The van der Waals surface area contributed by atoms with Gasteiger partial charge < -0.3 is 19.5 Å². The van der Waals surface area contributed by atoms with E-state index in [1.54, 1.807) is 30.2 Å². The SMILES string of the molecule is CO[C@@H]1C[C@H](C(=O)N2CC(OCc3ccccc3F)C2)CC[C@@H]1O. The standard InChI is InChI=1S/C18H24FNO4/c1-23-17-8-12(6-7-16(17)21)18(22)20-9-14(10-20)24-11-13-4-2-3-5-15(13)19/h2-5,12,14,16-17,21H,6-11H2,1H3/t12-,16+,17-/m1/s1. The molecule has 1 aliphatic heterocycles. The number of ether oxygens (including phenoxy) is 2. The molecule has 1 heterocycles. The van der Waals surface area contributed by atoms with Gasteiger partial charge in [0.25, 0.3) is 0 Å². The van der Waals surface area contributed by atoms with Gasteiger partial charge in [-0.1, -0.05) is 18.2 Å². The summed E-state index contributed by atoms with van der Waals surface area (Å²) in [4.78, 5) is 14.3. The Labute approximate surface area is 141 Å². The fourth-order valence-corrected chi connectivity index (χ4v) is 3.40. The quantitative estimate of drug-likeness (QED) is 0.889. The average molecular weight is 337 g/mol. The first-order chi connectivity index (χ1) is 11.6. The fraction of sp³-hybridized carbons (Fsp3) is 0.611. The molecule has 5 nitrogen and oxygen atoms in total. The van der Waals surface area contributed by atoms with Crippen molar-refractivity contribution in [2.75, 3.05) is 20.2 Å². The van der Waals surface area contributed by atoms with E-state index in [-0.39, 0.29) is 36.5 Å². The Hall–Kier alpha value is -1.50. The monoisotopic (exact) mass is 337 g/mol. The first-order valence-electron chi connectivity index (χ1n) is 8.43. The number of aliphatic hydroxyl groups excluding tert-OH is 1. The molecular formula is C18H24FNO4. The van der Waals surface area contributed by atoms with Crippen molar-refractivity contribution < 1.29 is 23.8 Å². The Balaban J connectivity index is 1.43. The van der Waals surface area contributed by atoms with Crippen LogP contribution >= 0.6 is 0 Å². The van der Waals surface area contributed by atoms with Gasteiger partial charge in [0.2, 0.25) is 5.91 Å². The smallest absolute Gasteiger partial charge is 0.225 e. The van der Waals surface area contributed by atoms with E-state index in [0.717, 1.165) is 0 Å². The van der Waals surface area contributed by atoms with E-state index < -0.39 is 6.10 Å². The summed E-state index contributed by atoms with van der Waals surface area (Å²) in [6.07, 6.45) is 1.07. The first kappa shape index (κ1) is 17.3. The van der Waals surface area contributed by atoms with Gasteiger partial charge in [0.1, 0.15) is 5.82 Å². The molecular weight excluding hydrogens is 313 g/mol. The molecule has 1 aromatic carbocycles. The molecule has 3 rings (SSSR count). The molecule has 1 saturated heterocycles. The molecule has 0 unspecified atom stereocenters. The van der Waals surface area contributed by atoms with Gasteiger partial charge in [0.05, 0.1) is 24.9 Å². The second-order valence-electron chi connectivity index (χ2n) is 6.62. The molecule has 0 aromatic heterocycles. The molecule has 0 spiro atoms. The van der Waals surface area contributed by atoms with Gasteiger partial charge in [-0.05, 0) is 25.3 Å². The minimum absolute atomic E-state index is 0.0408. The van der Waals surface area contributed by atoms with E-state index in [4.69, 9.17) is 9.47 Å². The van der Waals surface area contributed by atoms with Crippen molar-refractivity contribution in [3.8, 4) is 0 Å². The summed E-state index contributed by atoms with van der Waals surface area (Å²) in [6.45, 7) is 1.31. The lowest BCUT2D eigenvalue weighted by atomic mass is 9.84. The summed E-state index contributed by atoms with van der Waals surface area (Å²) in [7, 11) is 1.57. The second kappa shape index (κ2) is 7.59. The van der Waals surface area contributed by atoms with E-state index in [2.05, 4.69) is 0 Å². The number of halogens is 1. The van der Waals surface area contributed by atoms with Crippen LogP contribution < -0.4 is 0 Å². The number of hydrogen-bond acceptors (Lipinski definition) is 4. The summed E-state index contributed by atoms with van der Waals surface area (Å²) >= 11 is 0. The van der Waals surface area contributed by atoms with E-state index in [0.29, 0.717) is 37.9 Å². The van der Waals surface area contributed by atoms with Crippen molar-refractivity contribution in [2.45, 2.75) is 44.2 Å². The van der Waals surface area contributed by atoms with E-state index >= 15 is 0 Å². The molecule has 1 saturated carbocycles. The number of carbonyl (C=O) groups is 1. The topological polar surface area (TPSA) is 59.0 Å². The number of benzene rings is 1. The lowest BCUT2D eigenvalue weighted by Gasteiger charge is -2.42. The maximum Gasteiger partial charge on any atom is 0.225 e. The highest BCUT2D eigenvalue weighted by Gasteiger charge is 2.39. The molecule has 2 fully saturated rings. The third-order valence-electron chi connectivity index (χ3n) is 5.00. The molecule has 24 heavy (non-hydrogen) atoms. The van der Waals surface area contributed by atoms with Crippen molar-refractivity contribution in [1.29, 1.82) is 0 Å². The van der Waals surface area contributed by atoms with Gasteiger partial charge in [-0.3, -0.25) is 4.79 Å². The van der Waals surface area contributed by atoms with Gasteiger partial charge in [-0.25, -0.2) is 4.39 Å². The highest BCUT2D eigenvalue weighted by Crippen LogP contribution is 2.29. The molecule has 0 radical (unpaired) electrons. The lowest BCUT2D eigenvalue weighted by molar-refractivity contribution is -0.155. The Morgan fingerprint density at radius 1 is 1.33 bits per heavy atom. The molecule has 1 N–H and O–H groups in total. The summed E-state index contributed by atoms with van der Waals surface area (Å²) in [5.41, 5.74) is 0.534. The number of rotatable bonds is 5. The van der Waals surface area contributed by atoms with Crippen LogP contribution in [-0.2, 0) is 20.9 Å². The van der Waals surface area contributed by atoms with Gasteiger partial charge in [-0.15, -0.1) is 0 Å². The Morgan fingerprint density at radius 3 is 2.79 bits per heavy atom. The van der Waals surface area contributed by atoms with Crippen LogP contribution in [0.15, 0.2) is 24.3 Å². The largest absolute Gasteiger partial charge is 0.390 e. The molecule has 2 aliphatic rings. The van der Waals surface area contributed by atoms with E-state index in [9.17, 15) is 14.3 Å². The number of likely N-dealkylation sites (tertiary alicyclic amines) is 1. The highest BCUT2D eigenvalue weighted by molar-refractivity contribution is 5.80. The number of methoxy groups -OCH3 is 1. The minimum atomic E-state index is -0.479. The summed E-state index contributed by atoms with van der Waals surface area (Å²) < 4.78 is 24.5. The third-order valence-corrected chi connectivity index (χ3v) is 5.00. The van der Waals surface area contributed by atoms with Crippen molar-refractivity contribution in [3.05, 3.63) is 35.6 Å². The predicted molar refractivity (Wildman–Crippen MR) is 85.7 cm³/mol. The lowest BCUT2D eigenvalue weighted by Crippen LogP contribution is -2.57. The van der Waals surface area contributed by atoms with Gasteiger partial charge in [-0.2, -0.15) is 0 Å². The average Bonchev–Trinajstić information content (AvgIpc) is 2.55. The molecule has 0 bridgehead atoms. The highest BCUT2D eigenvalue weighted by atomic mass is 19.1. The summed E-state index contributed by atoms with van der Waals surface area (Å²) in [6, 6.07) is 6.55. The molecule has 132 valence electrons. The first-order valence-corrected chi connectivity index (χ1v) is 8.43. The van der Waals surface area contributed by atoms with Crippen LogP contribution in [0.5, 0.6) is 0 Å². The number of amides is 1. The predicted octanol–water partition coefficient (Wildman–Crippen LogP) is 1.73. The maximum atomic E-state index is 13.5. The van der Waals surface area contributed by atoms with Crippen LogP contribution in [0.25, 0.3) is 0 Å². The Morgan fingerprint density at radius 2 is 2.08 bits per heavy atom. The number of carbonyl (C=O) groups excluding carboxylic acids is 1. The Bertz CT molecular complexity index is 576. The van der Waals surface area contributed by atoms with Gasteiger partial charge in [0.15, 0.2) is 0 Å². The number of nitrogens with zero attached hydrogens (tertiary/aromatic N) is 1. The third kappa shape index (κ3) is 3.77. The van der Waals surface area contributed by atoms with Crippen molar-refractivity contribution in [3.63, 3.8) is 0 Å². The Kier molecular flexibility index (Phi) is 5.48. The van der Waals surface area contributed by atoms with Crippen LogP contribution in [0.4, 0.5) is 4.39 Å². The molecule has 1 amide bonds. The van der Waals surface area contributed by atoms with Crippen LogP contribution in [0.1, 0.15) is 24.8 Å². The zero-order valence-electron chi connectivity index (χ0n) is 13.9. The molecule has 1 aromatic rings. The van der Waals surface area contributed by atoms with Crippen molar-refractivity contribution in [1.82, 2.24) is 4.90 Å².